The Morgan fingerprint density at radius 3 is 2.57 bits per heavy atom. The Balaban J connectivity index is 0.00000169. The van der Waals surface area contributed by atoms with Crippen molar-refractivity contribution in [3.05, 3.63) is 0 Å². The molecule has 78 valence electrons. The van der Waals surface area contributed by atoms with Crippen LogP contribution in [0.2, 0.25) is 0 Å². The smallest absolute Gasteiger partial charge is 0.750 e. The zero-order valence-electron chi connectivity index (χ0n) is 8.66. The van der Waals surface area contributed by atoms with Crippen molar-refractivity contribution in [3.8, 4) is 0 Å². The van der Waals surface area contributed by atoms with E-state index in [-0.39, 0.29) is 36.2 Å². The summed E-state index contributed by atoms with van der Waals surface area (Å²) in [4.78, 5) is 0. The number of rotatable bonds is 5. The molecule has 1 unspecified atom stereocenters. The van der Waals surface area contributed by atoms with Crippen LogP contribution in [0.5, 0.6) is 0 Å². The van der Waals surface area contributed by atoms with Gasteiger partial charge in [0.15, 0.2) is 0 Å². The van der Waals surface area contributed by atoms with Crippen molar-refractivity contribution in [2.75, 3.05) is 13.2 Å². The summed E-state index contributed by atoms with van der Waals surface area (Å²) in [6.07, 6.45) is 6.32. The van der Waals surface area contributed by atoms with E-state index in [0.717, 1.165) is 0 Å². The van der Waals surface area contributed by atoms with Gasteiger partial charge in [0.1, 0.15) is 0 Å². The Hall–Kier alpha value is 1.03. The van der Waals surface area contributed by atoms with Crippen LogP contribution in [0.25, 0.3) is 0 Å². The van der Waals surface area contributed by atoms with E-state index in [4.69, 9.17) is 0 Å². The molecule has 0 bridgehead atoms. The molecule has 0 aliphatic heterocycles. The third-order valence-corrected chi connectivity index (χ3v) is 2.68. The summed E-state index contributed by atoms with van der Waals surface area (Å²) >= 11 is -2.36. The molecule has 0 aromatic carbocycles. The van der Waals surface area contributed by atoms with Crippen LogP contribution >= 0.6 is 0 Å². The van der Waals surface area contributed by atoms with Crippen LogP contribution in [0.3, 0.4) is 0 Å². The van der Waals surface area contributed by atoms with Crippen LogP contribution in [-0.4, -0.2) is 28.0 Å². The van der Waals surface area contributed by atoms with Crippen LogP contribution in [-0.2, 0) is 15.5 Å². The van der Waals surface area contributed by atoms with Crippen molar-refractivity contribution < 1.29 is 42.5 Å². The van der Waals surface area contributed by atoms with E-state index in [9.17, 15) is 8.76 Å². The maximum absolute atomic E-state index is 10.0. The normalized spacial score (nSPS) is 20.1. The van der Waals surface area contributed by atoms with E-state index in [2.05, 4.69) is 9.50 Å². The van der Waals surface area contributed by atoms with E-state index < -0.39 is 11.4 Å². The van der Waals surface area contributed by atoms with E-state index in [1.165, 1.54) is 32.1 Å². The van der Waals surface area contributed by atoms with E-state index in [1.54, 1.807) is 0 Å². The van der Waals surface area contributed by atoms with Crippen molar-refractivity contribution in [3.63, 3.8) is 0 Å². The number of nitrogens with one attached hydrogen (secondary N) is 1. The number of hydrogen-bond acceptors (Lipinski definition) is 4. The van der Waals surface area contributed by atoms with Crippen LogP contribution in [0.4, 0.5) is 0 Å². The molecule has 1 N–H and O–H groups in total. The third kappa shape index (κ3) is 7.34. The fraction of sp³-hybridized carbons (Fsp3) is 1.00. The molecule has 0 saturated heterocycles. The molecule has 1 aliphatic carbocycles. The molecule has 0 aromatic heterocycles. The summed E-state index contributed by atoms with van der Waals surface area (Å²) in [5, 5.41) is 3.28. The van der Waals surface area contributed by atoms with Gasteiger partial charge in [0.2, 0.25) is 0 Å². The first-order valence-electron chi connectivity index (χ1n) is 4.75. The second-order valence-electron chi connectivity index (χ2n) is 3.32. The van der Waals surface area contributed by atoms with E-state index in [0.29, 0.717) is 12.6 Å². The van der Waals surface area contributed by atoms with Gasteiger partial charge in [0.25, 0.3) is 0 Å². The fourth-order valence-corrected chi connectivity index (χ4v) is 1.90. The average molecular weight is 229 g/mol. The quantitative estimate of drug-likeness (QED) is 0.328. The van der Waals surface area contributed by atoms with Gasteiger partial charge in [-0.15, -0.1) is 0 Å². The van der Waals surface area contributed by atoms with Gasteiger partial charge in [-0.3, -0.25) is 4.18 Å². The molecular formula is C8H16NNaO3S. The topological polar surface area (TPSA) is 61.4 Å². The van der Waals surface area contributed by atoms with Gasteiger partial charge in [-0.2, -0.15) is 0 Å². The van der Waals surface area contributed by atoms with Gasteiger partial charge in [-0.25, -0.2) is 4.21 Å². The Morgan fingerprint density at radius 1 is 1.36 bits per heavy atom. The van der Waals surface area contributed by atoms with Gasteiger partial charge in [0, 0.05) is 12.6 Å². The largest absolute Gasteiger partial charge is 1.00 e. The Labute approximate surface area is 110 Å². The molecule has 4 nitrogen and oxygen atoms in total. The Morgan fingerprint density at radius 2 is 2.00 bits per heavy atom. The molecular weight excluding hydrogens is 213 g/mol. The fourth-order valence-electron chi connectivity index (χ4n) is 1.68. The molecule has 0 aromatic rings. The van der Waals surface area contributed by atoms with E-state index in [1.807, 2.05) is 0 Å². The number of hydrogen-bond donors (Lipinski definition) is 1. The molecule has 6 heteroatoms. The summed E-state index contributed by atoms with van der Waals surface area (Å²) in [6.45, 7) is 0.866. The first-order valence-corrected chi connectivity index (χ1v) is 5.75. The predicted octanol–water partition coefficient (Wildman–Crippen LogP) is -2.28. The molecule has 0 radical (unpaired) electrons. The maximum Gasteiger partial charge on any atom is 1.00 e. The maximum atomic E-state index is 10.0. The summed E-state index contributed by atoms with van der Waals surface area (Å²) in [5.41, 5.74) is 0. The van der Waals surface area contributed by atoms with Crippen LogP contribution < -0.4 is 34.9 Å². The third-order valence-electron chi connectivity index (χ3n) is 2.32. The van der Waals surface area contributed by atoms with Crippen molar-refractivity contribution in [2.24, 2.45) is 0 Å². The predicted molar refractivity (Wildman–Crippen MR) is 49.7 cm³/mol. The molecule has 1 fully saturated rings. The molecule has 1 saturated carbocycles. The summed E-state index contributed by atoms with van der Waals surface area (Å²) < 4.78 is 24.4. The average Bonchev–Trinajstić information content (AvgIpc) is 2.14. The second kappa shape index (κ2) is 9.27. The molecule has 0 amide bonds. The van der Waals surface area contributed by atoms with E-state index >= 15 is 0 Å². The minimum atomic E-state index is -2.36. The standard InChI is InChI=1S/C8H17NO3S.Na/c10-13(11)12-7-6-9-8-4-2-1-3-5-8;/h8-9H,1-7H2,(H,10,11);/q;+1/p-1. The van der Waals surface area contributed by atoms with Crippen molar-refractivity contribution >= 4 is 11.4 Å². The Bertz CT molecular complexity index is 165. The molecule has 0 heterocycles. The van der Waals surface area contributed by atoms with Crippen LogP contribution in [0.15, 0.2) is 0 Å². The van der Waals surface area contributed by atoms with Crippen LogP contribution in [0, 0.1) is 0 Å². The summed E-state index contributed by atoms with van der Waals surface area (Å²) in [7, 11) is 0. The van der Waals surface area contributed by atoms with Gasteiger partial charge in [-0.05, 0) is 12.8 Å². The van der Waals surface area contributed by atoms with Crippen molar-refractivity contribution in [1.82, 2.24) is 5.32 Å². The first kappa shape index (κ1) is 15.0. The Kier molecular flexibility index (Phi) is 9.95. The zero-order chi connectivity index (χ0) is 9.52. The van der Waals surface area contributed by atoms with Crippen molar-refractivity contribution in [2.45, 2.75) is 38.1 Å². The van der Waals surface area contributed by atoms with Gasteiger partial charge < -0.3 is 9.87 Å². The first-order chi connectivity index (χ1) is 6.29. The molecule has 14 heavy (non-hydrogen) atoms. The zero-order valence-corrected chi connectivity index (χ0v) is 11.5. The SMILES string of the molecule is O=S([O-])OCCNC1CCCCC1.[Na+]. The van der Waals surface area contributed by atoms with Crippen LogP contribution in [0.1, 0.15) is 32.1 Å². The summed E-state index contributed by atoms with van der Waals surface area (Å²) in [6, 6.07) is 0.567. The minimum Gasteiger partial charge on any atom is -0.750 e. The second-order valence-corrected chi connectivity index (χ2v) is 3.96. The monoisotopic (exact) mass is 229 g/mol. The minimum absolute atomic E-state index is 0. The molecule has 1 aliphatic rings. The van der Waals surface area contributed by atoms with Gasteiger partial charge in [0.05, 0.1) is 18.0 Å². The van der Waals surface area contributed by atoms with Gasteiger partial charge >= 0.3 is 29.6 Å². The van der Waals surface area contributed by atoms with Gasteiger partial charge in [-0.1, -0.05) is 19.3 Å². The summed E-state index contributed by atoms with van der Waals surface area (Å²) in [5.74, 6) is 0. The van der Waals surface area contributed by atoms with Crippen molar-refractivity contribution in [1.29, 1.82) is 0 Å². The molecule has 1 rings (SSSR count). The molecule has 1 atom stereocenters. The molecule has 0 spiro atoms.